The second-order valence-electron chi connectivity index (χ2n) is 4.50. The summed E-state index contributed by atoms with van der Waals surface area (Å²) >= 11 is 4.27. The minimum absolute atomic E-state index is 0.0917. The maximum Gasteiger partial charge on any atom is 0.348 e. The molecular weight excluding hydrogens is 382 g/mol. The van der Waals surface area contributed by atoms with Gasteiger partial charge in [0, 0.05) is 13.1 Å². The smallest absolute Gasteiger partial charge is 0.348 e. The van der Waals surface area contributed by atoms with Crippen molar-refractivity contribution in [3.05, 3.63) is 14.7 Å². The van der Waals surface area contributed by atoms with Gasteiger partial charge < -0.3 is 9.47 Å². The van der Waals surface area contributed by atoms with Crippen LogP contribution < -0.4 is 0 Å². The third-order valence-corrected chi connectivity index (χ3v) is 7.31. The van der Waals surface area contributed by atoms with Gasteiger partial charge in [-0.25, -0.2) is 13.2 Å². The monoisotopic (exact) mass is 397 g/mol. The van der Waals surface area contributed by atoms with Crippen LogP contribution in [0.1, 0.15) is 23.0 Å². The largest absolute Gasteiger partial charge is 0.465 e. The molecule has 1 aromatic heterocycles. The molecule has 1 aromatic rings. The van der Waals surface area contributed by atoms with Gasteiger partial charge in [-0.3, -0.25) is 0 Å². The van der Waals surface area contributed by atoms with Gasteiger partial charge in [-0.15, -0.1) is 11.3 Å². The normalized spacial score (nSPS) is 20.4. The van der Waals surface area contributed by atoms with Crippen molar-refractivity contribution in [2.75, 3.05) is 26.8 Å². The van der Waals surface area contributed by atoms with Crippen molar-refractivity contribution < 1.29 is 22.7 Å². The molecular formula is C12H16BrNO5S2. The SMILES string of the molecule is CCC1CN(S(=O)(=O)c2cc(C(=O)OC)sc2Br)CCO1. The van der Waals surface area contributed by atoms with Crippen molar-refractivity contribution in [2.24, 2.45) is 0 Å². The van der Waals surface area contributed by atoms with Crippen LogP contribution in [-0.4, -0.2) is 51.6 Å². The van der Waals surface area contributed by atoms with E-state index < -0.39 is 16.0 Å². The standard InChI is InChI=1S/C12H16BrNO5S2/c1-3-8-7-14(4-5-19-8)21(16,17)10-6-9(12(15)18-2)20-11(10)13/h6,8H,3-5,7H2,1-2H3. The molecule has 21 heavy (non-hydrogen) atoms. The number of ether oxygens (including phenoxy) is 2. The van der Waals surface area contributed by atoms with Gasteiger partial charge in [0.2, 0.25) is 10.0 Å². The first-order valence-electron chi connectivity index (χ1n) is 6.39. The quantitative estimate of drug-likeness (QED) is 0.727. The van der Waals surface area contributed by atoms with Gasteiger partial charge in [-0.2, -0.15) is 4.31 Å². The van der Waals surface area contributed by atoms with E-state index in [0.29, 0.717) is 23.5 Å². The van der Waals surface area contributed by atoms with Gasteiger partial charge in [0.1, 0.15) is 9.77 Å². The third-order valence-electron chi connectivity index (χ3n) is 3.22. The lowest BCUT2D eigenvalue weighted by Crippen LogP contribution is -2.45. The van der Waals surface area contributed by atoms with Crippen LogP contribution in [0.3, 0.4) is 0 Å². The number of halogens is 1. The zero-order valence-electron chi connectivity index (χ0n) is 11.7. The lowest BCUT2D eigenvalue weighted by molar-refractivity contribution is -0.00278. The summed E-state index contributed by atoms with van der Waals surface area (Å²) in [6.07, 6.45) is 0.663. The number of rotatable bonds is 4. The van der Waals surface area contributed by atoms with E-state index in [1.54, 1.807) is 0 Å². The molecule has 9 heteroatoms. The summed E-state index contributed by atoms with van der Waals surface area (Å²) in [6.45, 7) is 2.98. The highest BCUT2D eigenvalue weighted by Crippen LogP contribution is 2.34. The molecule has 1 saturated heterocycles. The molecule has 2 rings (SSSR count). The Morgan fingerprint density at radius 1 is 1.62 bits per heavy atom. The van der Waals surface area contributed by atoms with Crippen LogP contribution in [0.4, 0.5) is 0 Å². The highest BCUT2D eigenvalue weighted by molar-refractivity contribution is 9.11. The maximum absolute atomic E-state index is 12.7. The Hall–Kier alpha value is -0.480. The van der Waals surface area contributed by atoms with E-state index >= 15 is 0 Å². The topological polar surface area (TPSA) is 72.9 Å². The Kier molecular flexibility index (Phi) is 5.42. The molecule has 0 bridgehead atoms. The fourth-order valence-electron chi connectivity index (χ4n) is 2.03. The molecule has 1 aliphatic rings. The Labute approximate surface area is 136 Å². The van der Waals surface area contributed by atoms with Crippen LogP contribution in [-0.2, 0) is 19.5 Å². The molecule has 0 saturated carbocycles. The summed E-state index contributed by atoms with van der Waals surface area (Å²) in [7, 11) is -2.39. The summed E-state index contributed by atoms with van der Waals surface area (Å²) in [5.74, 6) is -0.546. The molecule has 118 valence electrons. The van der Waals surface area contributed by atoms with Crippen LogP contribution in [0.5, 0.6) is 0 Å². The van der Waals surface area contributed by atoms with Gasteiger partial charge in [0.15, 0.2) is 0 Å². The fourth-order valence-corrected chi connectivity index (χ4v) is 5.91. The highest BCUT2D eigenvalue weighted by atomic mass is 79.9. The Bertz CT molecular complexity index is 628. The van der Waals surface area contributed by atoms with Crippen molar-refractivity contribution in [3.8, 4) is 0 Å². The first kappa shape index (κ1) is 16.9. The third kappa shape index (κ3) is 3.48. The van der Waals surface area contributed by atoms with E-state index in [4.69, 9.17) is 4.74 Å². The first-order chi connectivity index (χ1) is 9.90. The number of hydrogen-bond acceptors (Lipinski definition) is 6. The van der Waals surface area contributed by atoms with Gasteiger partial charge in [0.05, 0.1) is 23.6 Å². The van der Waals surface area contributed by atoms with Gasteiger partial charge >= 0.3 is 5.97 Å². The average molecular weight is 398 g/mol. The number of nitrogens with zero attached hydrogens (tertiary/aromatic N) is 1. The van der Waals surface area contributed by atoms with Crippen molar-refractivity contribution in [3.63, 3.8) is 0 Å². The number of esters is 1. The Morgan fingerprint density at radius 2 is 2.33 bits per heavy atom. The van der Waals surface area contributed by atoms with E-state index in [0.717, 1.165) is 17.8 Å². The van der Waals surface area contributed by atoms with Crippen molar-refractivity contribution in [1.82, 2.24) is 4.31 Å². The molecule has 1 aliphatic heterocycles. The lowest BCUT2D eigenvalue weighted by atomic mass is 10.2. The van der Waals surface area contributed by atoms with Crippen molar-refractivity contribution in [2.45, 2.75) is 24.3 Å². The molecule has 0 aromatic carbocycles. The highest BCUT2D eigenvalue weighted by Gasteiger charge is 2.33. The van der Waals surface area contributed by atoms with Crippen molar-refractivity contribution >= 4 is 43.3 Å². The molecule has 1 unspecified atom stereocenters. The summed E-state index contributed by atoms with van der Waals surface area (Å²) in [5, 5.41) is 0. The number of hydrogen-bond donors (Lipinski definition) is 0. The second kappa shape index (κ2) is 6.74. The van der Waals surface area contributed by atoms with E-state index in [-0.39, 0.29) is 15.9 Å². The van der Waals surface area contributed by atoms with Gasteiger partial charge in [-0.1, -0.05) is 6.92 Å². The molecule has 0 spiro atoms. The summed E-state index contributed by atoms with van der Waals surface area (Å²) in [6, 6.07) is 1.35. The number of morpholine rings is 1. The molecule has 2 heterocycles. The molecule has 0 N–H and O–H groups in total. The van der Waals surface area contributed by atoms with Crippen LogP contribution in [0, 0.1) is 0 Å². The summed E-state index contributed by atoms with van der Waals surface area (Å²) < 4.78 is 37.3. The van der Waals surface area contributed by atoms with Crippen LogP contribution in [0.15, 0.2) is 14.7 Å². The number of carbonyl (C=O) groups excluding carboxylic acids is 1. The Balaban J connectivity index is 2.31. The number of carbonyl (C=O) groups is 1. The minimum Gasteiger partial charge on any atom is -0.465 e. The van der Waals surface area contributed by atoms with Gasteiger partial charge in [-0.05, 0) is 28.4 Å². The van der Waals surface area contributed by atoms with Crippen LogP contribution in [0.25, 0.3) is 0 Å². The maximum atomic E-state index is 12.7. The van der Waals surface area contributed by atoms with Crippen LogP contribution in [0.2, 0.25) is 0 Å². The predicted octanol–water partition coefficient (Wildman–Crippen LogP) is 2.10. The zero-order valence-corrected chi connectivity index (χ0v) is 14.9. The molecule has 0 aliphatic carbocycles. The summed E-state index contributed by atoms with van der Waals surface area (Å²) in [5.41, 5.74) is 0. The van der Waals surface area contributed by atoms with Crippen LogP contribution >= 0.6 is 27.3 Å². The summed E-state index contributed by atoms with van der Waals surface area (Å²) in [4.78, 5) is 11.9. The second-order valence-corrected chi connectivity index (χ2v) is 8.78. The zero-order chi connectivity index (χ0) is 15.6. The number of methoxy groups -OCH3 is 1. The lowest BCUT2D eigenvalue weighted by Gasteiger charge is -2.31. The molecule has 0 amide bonds. The molecule has 1 fully saturated rings. The average Bonchev–Trinajstić information content (AvgIpc) is 2.89. The minimum atomic E-state index is -3.65. The van der Waals surface area contributed by atoms with Crippen molar-refractivity contribution in [1.29, 1.82) is 0 Å². The van der Waals surface area contributed by atoms with E-state index in [9.17, 15) is 13.2 Å². The Morgan fingerprint density at radius 3 is 2.95 bits per heavy atom. The first-order valence-corrected chi connectivity index (χ1v) is 9.44. The van der Waals surface area contributed by atoms with E-state index in [2.05, 4.69) is 20.7 Å². The van der Waals surface area contributed by atoms with Gasteiger partial charge in [0.25, 0.3) is 0 Å². The molecule has 1 atom stereocenters. The van der Waals surface area contributed by atoms with E-state index in [1.807, 2.05) is 6.92 Å². The fraction of sp³-hybridized carbons (Fsp3) is 0.583. The molecule has 0 radical (unpaired) electrons. The number of thiophene rings is 1. The molecule has 6 nitrogen and oxygen atoms in total. The van der Waals surface area contributed by atoms with E-state index in [1.165, 1.54) is 17.5 Å². The number of sulfonamides is 1. The predicted molar refractivity (Wildman–Crippen MR) is 82.1 cm³/mol.